The average molecular weight is 487 g/mol. The molecule has 0 aliphatic carbocycles. The van der Waals surface area contributed by atoms with Crippen LogP contribution in [0.2, 0.25) is 0 Å². The molecular weight excluding hydrogens is 457 g/mol. The average Bonchev–Trinajstić information content (AvgIpc) is 3.63. The Labute approximate surface area is 202 Å². The molecule has 1 amide bonds. The molecule has 2 aliphatic heterocycles. The van der Waals surface area contributed by atoms with Crippen LogP contribution in [0.5, 0.6) is 0 Å². The number of hydrogen-bond acceptors (Lipinski definition) is 4. The maximum absolute atomic E-state index is 13.5. The molecule has 2 fully saturated rings. The Bertz CT molecular complexity index is 1140. The van der Waals surface area contributed by atoms with Crippen molar-refractivity contribution in [1.82, 2.24) is 29.0 Å². The SMILES string of the molecule is O=C(c1cnn(-c2cccc(C(F)(F)F)c2)c1-n1cccc1)N1CCN(CCN2CCCC2)CC1. The van der Waals surface area contributed by atoms with Gasteiger partial charge in [0.05, 0.1) is 17.4 Å². The first kappa shape index (κ1) is 23.6. The molecule has 186 valence electrons. The van der Waals surface area contributed by atoms with E-state index in [-0.39, 0.29) is 11.6 Å². The maximum atomic E-state index is 13.5. The lowest BCUT2D eigenvalue weighted by Crippen LogP contribution is -2.50. The summed E-state index contributed by atoms with van der Waals surface area (Å²) < 4.78 is 43.0. The third-order valence-electron chi connectivity index (χ3n) is 6.83. The second kappa shape index (κ2) is 9.87. The van der Waals surface area contributed by atoms with E-state index in [9.17, 15) is 18.0 Å². The Kier molecular flexibility index (Phi) is 6.66. The Morgan fingerprint density at radius 3 is 2.20 bits per heavy atom. The lowest BCUT2D eigenvalue weighted by molar-refractivity contribution is -0.137. The quantitative estimate of drug-likeness (QED) is 0.535. The molecule has 1 aromatic carbocycles. The van der Waals surface area contributed by atoms with Crippen molar-refractivity contribution < 1.29 is 18.0 Å². The number of carbonyl (C=O) groups excluding carboxylic acids is 1. The molecule has 5 rings (SSSR count). The summed E-state index contributed by atoms with van der Waals surface area (Å²) in [5.41, 5.74) is -0.152. The van der Waals surface area contributed by atoms with Gasteiger partial charge in [-0.15, -0.1) is 0 Å². The normalized spacial score (nSPS) is 17.9. The van der Waals surface area contributed by atoms with Gasteiger partial charge in [0.25, 0.3) is 5.91 Å². The molecule has 2 saturated heterocycles. The molecule has 3 aromatic rings. The number of alkyl halides is 3. The summed E-state index contributed by atoms with van der Waals surface area (Å²) in [6.45, 7) is 7.25. The molecule has 2 aliphatic rings. The van der Waals surface area contributed by atoms with E-state index in [2.05, 4.69) is 14.9 Å². The molecule has 0 spiro atoms. The minimum atomic E-state index is -4.47. The van der Waals surface area contributed by atoms with E-state index in [1.54, 1.807) is 35.2 Å². The number of amides is 1. The Morgan fingerprint density at radius 2 is 1.54 bits per heavy atom. The summed E-state index contributed by atoms with van der Waals surface area (Å²) in [5, 5.41) is 4.33. The van der Waals surface area contributed by atoms with Gasteiger partial charge in [-0.2, -0.15) is 18.3 Å². The molecule has 0 unspecified atom stereocenters. The van der Waals surface area contributed by atoms with Gasteiger partial charge in [0.15, 0.2) is 5.82 Å². The molecule has 0 bridgehead atoms. The molecule has 0 atom stereocenters. The van der Waals surface area contributed by atoms with Crippen molar-refractivity contribution in [2.45, 2.75) is 19.0 Å². The number of nitrogens with zero attached hydrogens (tertiary/aromatic N) is 6. The molecule has 0 radical (unpaired) electrons. The number of carbonyl (C=O) groups is 1. The Morgan fingerprint density at radius 1 is 0.886 bits per heavy atom. The van der Waals surface area contributed by atoms with Crippen LogP contribution in [-0.2, 0) is 6.18 Å². The van der Waals surface area contributed by atoms with Crippen LogP contribution < -0.4 is 0 Å². The number of likely N-dealkylation sites (tertiary alicyclic amines) is 1. The number of rotatable bonds is 6. The molecule has 0 saturated carbocycles. The van der Waals surface area contributed by atoms with Gasteiger partial charge in [-0.25, -0.2) is 4.68 Å². The number of halogens is 3. The third kappa shape index (κ3) is 5.13. The van der Waals surface area contributed by atoms with Crippen molar-refractivity contribution in [2.75, 3.05) is 52.4 Å². The lowest BCUT2D eigenvalue weighted by Gasteiger charge is -2.35. The van der Waals surface area contributed by atoms with Gasteiger partial charge >= 0.3 is 6.18 Å². The Balaban J connectivity index is 1.35. The van der Waals surface area contributed by atoms with E-state index < -0.39 is 11.7 Å². The van der Waals surface area contributed by atoms with Crippen LogP contribution in [0.15, 0.2) is 55.0 Å². The largest absolute Gasteiger partial charge is 0.416 e. The summed E-state index contributed by atoms with van der Waals surface area (Å²) in [5.74, 6) is 0.266. The Hall–Kier alpha value is -3.11. The number of hydrogen-bond donors (Lipinski definition) is 0. The summed E-state index contributed by atoms with van der Waals surface area (Å²) >= 11 is 0. The highest BCUT2D eigenvalue weighted by molar-refractivity contribution is 5.97. The number of aromatic nitrogens is 3. The van der Waals surface area contributed by atoms with Crippen LogP contribution in [-0.4, -0.2) is 87.3 Å². The predicted molar refractivity (Wildman–Crippen MR) is 126 cm³/mol. The fourth-order valence-electron chi connectivity index (χ4n) is 4.85. The third-order valence-corrected chi connectivity index (χ3v) is 6.83. The van der Waals surface area contributed by atoms with Crippen molar-refractivity contribution in [3.8, 4) is 11.5 Å². The first-order valence-electron chi connectivity index (χ1n) is 12.0. The van der Waals surface area contributed by atoms with E-state index in [0.29, 0.717) is 24.5 Å². The fraction of sp³-hybridized carbons (Fsp3) is 0.440. The van der Waals surface area contributed by atoms with Crippen molar-refractivity contribution >= 4 is 5.91 Å². The summed E-state index contributed by atoms with van der Waals surface area (Å²) in [7, 11) is 0. The standard InChI is InChI=1S/C25H29F3N6O/c26-25(27,28)20-6-5-7-21(18-20)34-23(32-10-3-4-11-32)22(19-29-34)24(35)33-16-14-31(15-17-33)13-12-30-8-1-2-9-30/h3-7,10-11,18-19H,1-2,8-9,12-17H2. The summed E-state index contributed by atoms with van der Waals surface area (Å²) in [6, 6.07) is 8.59. The molecule has 2 aromatic heterocycles. The van der Waals surface area contributed by atoms with Crippen molar-refractivity contribution in [3.05, 3.63) is 66.1 Å². The molecular formula is C25H29F3N6O. The smallest absolute Gasteiger partial charge is 0.336 e. The summed E-state index contributed by atoms with van der Waals surface area (Å²) in [6.07, 6.45) is 3.06. The number of piperazine rings is 1. The van der Waals surface area contributed by atoms with Gasteiger partial charge < -0.3 is 14.4 Å². The highest BCUT2D eigenvalue weighted by Crippen LogP contribution is 2.31. The van der Waals surface area contributed by atoms with Crippen LogP contribution in [0.1, 0.15) is 28.8 Å². The van der Waals surface area contributed by atoms with E-state index >= 15 is 0 Å². The molecule has 7 nitrogen and oxygen atoms in total. The highest BCUT2D eigenvalue weighted by atomic mass is 19.4. The van der Waals surface area contributed by atoms with Gasteiger partial charge in [-0.1, -0.05) is 6.07 Å². The second-order valence-corrected chi connectivity index (χ2v) is 9.11. The van der Waals surface area contributed by atoms with Gasteiger partial charge in [-0.05, 0) is 56.3 Å². The van der Waals surface area contributed by atoms with Crippen LogP contribution in [0, 0.1) is 0 Å². The van der Waals surface area contributed by atoms with E-state index in [0.717, 1.165) is 38.3 Å². The number of benzene rings is 1. The van der Waals surface area contributed by atoms with Crippen LogP contribution in [0.25, 0.3) is 11.5 Å². The molecule has 35 heavy (non-hydrogen) atoms. The molecule has 0 N–H and O–H groups in total. The van der Waals surface area contributed by atoms with E-state index in [1.807, 2.05) is 4.90 Å². The van der Waals surface area contributed by atoms with Crippen molar-refractivity contribution in [3.63, 3.8) is 0 Å². The van der Waals surface area contributed by atoms with Gasteiger partial charge in [-0.3, -0.25) is 9.69 Å². The second-order valence-electron chi connectivity index (χ2n) is 9.11. The van der Waals surface area contributed by atoms with Gasteiger partial charge in [0.2, 0.25) is 0 Å². The maximum Gasteiger partial charge on any atom is 0.416 e. The van der Waals surface area contributed by atoms with Crippen LogP contribution >= 0.6 is 0 Å². The zero-order valence-corrected chi connectivity index (χ0v) is 19.5. The highest BCUT2D eigenvalue weighted by Gasteiger charge is 2.32. The first-order valence-corrected chi connectivity index (χ1v) is 12.0. The van der Waals surface area contributed by atoms with Crippen molar-refractivity contribution in [2.24, 2.45) is 0 Å². The van der Waals surface area contributed by atoms with Crippen molar-refractivity contribution in [1.29, 1.82) is 0 Å². The van der Waals surface area contributed by atoms with Gasteiger partial charge in [0.1, 0.15) is 5.56 Å². The topological polar surface area (TPSA) is 49.5 Å². The zero-order chi connectivity index (χ0) is 24.4. The minimum Gasteiger partial charge on any atom is -0.336 e. The molecule has 4 heterocycles. The minimum absolute atomic E-state index is 0.161. The first-order chi connectivity index (χ1) is 16.9. The van der Waals surface area contributed by atoms with E-state index in [1.165, 1.54) is 42.9 Å². The lowest BCUT2D eigenvalue weighted by atomic mass is 10.2. The fourth-order valence-corrected chi connectivity index (χ4v) is 4.85. The van der Waals surface area contributed by atoms with Crippen LogP contribution in [0.4, 0.5) is 13.2 Å². The van der Waals surface area contributed by atoms with Gasteiger partial charge in [0, 0.05) is 51.7 Å². The monoisotopic (exact) mass is 486 g/mol. The zero-order valence-electron chi connectivity index (χ0n) is 19.5. The molecule has 10 heteroatoms. The van der Waals surface area contributed by atoms with Crippen LogP contribution in [0.3, 0.4) is 0 Å². The van der Waals surface area contributed by atoms with E-state index in [4.69, 9.17) is 0 Å². The predicted octanol–water partition coefficient (Wildman–Crippen LogP) is 3.54. The summed E-state index contributed by atoms with van der Waals surface area (Å²) in [4.78, 5) is 20.2.